The number of fused-ring (bicyclic) bond motifs is 1. The second-order valence-electron chi connectivity index (χ2n) is 10.0. The molecule has 0 spiro atoms. The smallest absolute Gasteiger partial charge is 0.405 e. The number of carbonyl (C=O) groups excluding carboxylic acids is 2. The Morgan fingerprint density at radius 3 is 2.42 bits per heavy atom. The zero-order valence-corrected chi connectivity index (χ0v) is 24.6. The lowest BCUT2D eigenvalue weighted by atomic mass is 9.97. The maximum Gasteiger partial charge on any atom is 0.405 e. The lowest BCUT2D eigenvalue weighted by Crippen LogP contribution is -2.50. The van der Waals surface area contributed by atoms with Crippen molar-refractivity contribution in [2.45, 2.75) is 32.7 Å². The van der Waals surface area contributed by atoms with Gasteiger partial charge in [-0.2, -0.15) is 0 Å². The van der Waals surface area contributed by atoms with Crippen LogP contribution in [0.5, 0.6) is 0 Å². The number of halogens is 3. The number of aromatic amines is 1. The van der Waals surface area contributed by atoms with Crippen LogP contribution in [0.4, 0.5) is 13.6 Å². The molecule has 4 rings (SSSR count). The molecule has 0 aliphatic carbocycles. The summed E-state index contributed by atoms with van der Waals surface area (Å²) in [6.07, 6.45) is 1.19. The molecule has 226 valence electrons. The van der Waals surface area contributed by atoms with Gasteiger partial charge in [0, 0.05) is 40.5 Å². The van der Waals surface area contributed by atoms with E-state index in [0.717, 1.165) is 17.7 Å². The molecule has 4 aromatic rings. The zero-order valence-electron chi connectivity index (χ0n) is 22.9. The Balaban J connectivity index is 1.57. The van der Waals surface area contributed by atoms with Crippen LogP contribution in [0.3, 0.4) is 0 Å². The Hall–Kier alpha value is -4.36. The van der Waals surface area contributed by atoms with Gasteiger partial charge in [-0.25, -0.2) is 31.3 Å². The quantitative estimate of drug-likeness (QED) is 0.135. The molecule has 0 bridgehead atoms. The number of rotatable bonds is 11. The highest BCUT2D eigenvalue weighted by atomic mass is 35.5. The molecule has 0 saturated carbocycles. The Morgan fingerprint density at radius 2 is 1.79 bits per heavy atom. The number of benzene rings is 2. The number of carboxylic acid groups (broad SMARTS) is 1. The zero-order chi connectivity index (χ0) is 31.4. The highest BCUT2D eigenvalue weighted by Crippen LogP contribution is 2.29. The minimum Gasteiger partial charge on any atom is -0.465 e. The number of H-pyrrole nitrogens is 1. The van der Waals surface area contributed by atoms with Gasteiger partial charge in [0.1, 0.15) is 23.3 Å². The summed E-state index contributed by atoms with van der Waals surface area (Å²) in [6, 6.07) is 9.37. The molecule has 2 heterocycles. The summed E-state index contributed by atoms with van der Waals surface area (Å²) in [7, 11) is -3.43. The molecule has 10 nitrogen and oxygen atoms in total. The molecular formula is C29H27ClF2N4O6S. The van der Waals surface area contributed by atoms with Gasteiger partial charge in [0.15, 0.2) is 0 Å². The SMILES string of the molecule is CC(C)C(NC(=O)O)C(=O)N(CCCc1ccc(F)c(C(=O)c2c[nH]c3ncc(-c4ccc(Cl)cc4)cc23)c1F)[SH](=O)=O. The van der Waals surface area contributed by atoms with Crippen LogP contribution in [-0.4, -0.2) is 58.2 Å². The van der Waals surface area contributed by atoms with E-state index in [0.29, 0.717) is 25.9 Å². The Bertz CT molecular complexity index is 1770. The topological polar surface area (TPSA) is 150 Å². The highest BCUT2D eigenvalue weighted by molar-refractivity contribution is 7.70. The summed E-state index contributed by atoms with van der Waals surface area (Å²) in [5.41, 5.74) is 0.904. The van der Waals surface area contributed by atoms with Gasteiger partial charge in [-0.15, -0.1) is 0 Å². The first-order valence-electron chi connectivity index (χ1n) is 13.1. The first kappa shape index (κ1) is 31.6. The first-order chi connectivity index (χ1) is 20.4. The minimum absolute atomic E-state index is 0.000885. The average molecular weight is 633 g/mol. The monoisotopic (exact) mass is 632 g/mol. The maximum atomic E-state index is 15.6. The van der Waals surface area contributed by atoms with Crippen molar-refractivity contribution in [3.8, 4) is 11.1 Å². The molecule has 14 heteroatoms. The Kier molecular flexibility index (Phi) is 9.77. The number of carbonyl (C=O) groups is 3. The average Bonchev–Trinajstić information content (AvgIpc) is 3.38. The lowest BCUT2D eigenvalue weighted by Gasteiger charge is -2.25. The third-order valence-corrected chi connectivity index (χ3v) is 7.87. The number of hydrogen-bond donors (Lipinski definition) is 4. The first-order valence-corrected chi connectivity index (χ1v) is 14.6. The van der Waals surface area contributed by atoms with Gasteiger partial charge in [-0.05, 0) is 54.2 Å². The van der Waals surface area contributed by atoms with E-state index in [4.69, 9.17) is 16.7 Å². The van der Waals surface area contributed by atoms with E-state index in [2.05, 4.69) is 9.97 Å². The van der Waals surface area contributed by atoms with Crippen molar-refractivity contribution < 1.29 is 36.7 Å². The minimum atomic E-state index is -3.43. The second kappa shape index (κ2) is 13.3. The van der Waals surface area contributed by atoms with Crippen molar-refractivity contribution in [3.05, 3.63) is 88.2 Å². The fourth-order valence-electron chi connectivity index (χ4n) is 4.62. The second-order valence-corrected chi connectivity index (χ2v) is 11.4. The highest BCUT2D eigenvalue weighted by Gasteiger charge is 2.30. The van der Waals surface area contributed by atoms with Crippen molar-refractivity contribution in [2.75, 3.05) is 6.54 Å². The summed E-state index contributed by atoms with van der Waals surface area (Å²) in [6.45, 7) is 2.70. The van der Waals surface area contributed by atoms with E-state index >= 15 is 4.39 Å². The molecule has 0 aliphatic rings. The van der Waals surface area contributed by atoms with Gasteiger partial charge >= 0.3 is 6.09 Å². The maximum absolute atomic E-state index is 15.6. The van der Waals surface area contributed by atoms with Gasteiger partial charge in [0.05, 0.1) is 5.56 Å². The van der Waals surface area contributed by atoms with E-state index in [1.807, 2.05) is 5.32 Å². The number of nitrogens with one attached hydrogen (secondary N) is 2. The van der Waals surface area contributed by atoms with Crippen LogP contribution >= 0.6 is 11.6 Å². The predicted molar refractivity (Wildman–Crippen MR) is 156 cm³/mol. The van der Waals surface area contributed by atoms with E-state index in [1.54, 1.807) is 50.4 Å². The molecule has 1 atom stereocenters. The predicted octanol–water partition coefficient (Wildman–Crippen LogP) is 4.97. The van der Waals surface area contributed by atoms with Crippen molar-refractivity contribution in [3.63, 3.8) is 0 Å². The molecule has 3 N–H and O–H groups in total. The number of thiol groups is 1. The molecule has 2 aromatic heterocycles. The summed E-state index contributed by atoms with van der Waals surface area (Å²) >= 11 is 5.97. The number of pyridine rings is 1. The van der Waals surface area contributed by atoms with Crippen molar-refractivity contribution >= 4 is 51.3 Å². The molecule has 0 fully saturated rings. The molecule has 0 saturated heterocycles. The van der Waals surface area contributed by atoms with Crippen LogP contribution in [0.15, 0.2) is 54.9 Å². The Labute approximate surface area is 251 Å². The normalized spacial score (nSPS) is 12.1. The van der Waals surface area contributed by atoms with Gasteiger partial charge < -0.3 is 15.4 Å². The molecule has 43 heavy (non-hydrogen) atoms. The van der Waals surface area contributed by atoms with Crippen molar-refractivity contribution in [1.29, 1.82) is 0 Å². The number of aromatic nitrogens is 2. The van der Waals surface area contributed by atoms with Gasteiger partial charge in [0.2, 0.25) is 16.7 Å². The fraction of sp³-hybridized carbons (Fsp3) is 0.241. The summed E-state index contributed by atoms with van der Waals surface area (Å²) < 4.78 is 54.6. The van der Waals surface area contributed by atoms with Crippen molar-refractivity contribution in [1.82, 2.24) is 19.6 Å². The van der Waals surface area contributed by atoms with E-state index < -0.39 is 57.8 Å². The largest absolute Gasteiger partial charge is 0.465 e. The third-order valence-electron chi connectivity index (χ3n) is 6.83. The molecule has 2 aromatic carbocycles. The van der Waals surface area contributed by atoms with Gasteiger partial charge in [-0.3, -0.25) is 9.59 Å². The third kappa shape index (κ3) is 7.00. The summed E-state index contributed by atoms with van der Waals surface area (Å²) in [4.78, 5) is 44.5. The van der Waals surface area contributed by atoms with Crippen LogP contribution in [0.2, 0.25) is 5.02 Å². The van der Waals surface area contributed by atoms with E-state index in [1.165, 1.54) is 6.20 Å². The van der Waals surface area contributed by atoms with Crippen LogP contribution in [0.1, 0.15) is 41.8 Å². The lowest BCUT2D eigenvalue weighted by molar-refractivity contribution is -0.129. The molecule has 1 unspecified atom stereocenters. The molecular weight excluding hydrogens is 606 g/mol. The number of ketones is 1. The standard InChI is InChI=1S/C29H27ClF2N4O6S/c1-15(2)25(35-29(39)40)28(38)36(43(41)42)11-3-4-17-7-10-22(31)23(24(17)32)26(37)21-14-34-27-20(21)12-18(13-33-27)16-5-8-19(30)9-6-16/h5-10,12-15,25,35,43H,3-4,11H2,1-2H3,(H,33,34)(H,39,40). The van der Waals surface area contributed by atoms with Crippen molar-refractivity contribution in [2.24, 2.45) is 5.92 Å². The molecule has 0 aliphatic heterocycles. The molecule has 0 radical (unpaired) electrons. The van der Waals surface area contributed by atoms with Crippen LogP contribution in [-0.2, 0) is 22.1 Å². The number of nitrogens with zero attached hydrogens (tertiary/aromatic N) is 2. The summed E-state index contributed by atoms with van der Waals surface area (Å²) in [5, 5.41) is 11.9. The van der Waals surface area contributed by atoms with E-state index in [-0.39, 0.29) is 30.5 Å². The fourth-order valence-corrected chi connectivity index (χ4v) is 5.34. The Morgan fingerprint density at radius 1 is 1.09 bits per heavy atom. The van der Waals surface area contributed by atoms with Crippen LogP contribution in [0, 0.1) is 17.6 Å². The van der Waals surface area contributed by atoms with Gasteiger partial charge in [-0.1, -0.05) is 43.6 Å². The van der Waals surface area contributed by atoms with Gasteiger partial charge in [0.25, 0.3) is 5.91 Å². The number of hydrogen-bond acceptors (Lipinski definition) is 6. The summed E-state index contributed by atoms with van der Waals surface area (Å²) in [5.74, 6) is -4.64. The van der Waals surface area contributed by atoms with Crippen LogP contribution < -0.4 is 5.32 Å². The van der Waals surface area contributed by atoms with Crippen LogP contribution in [0.25, 0.3) is 22.2 Å². The number of aryl methyl sites for hydroxylation is 1. The van der Waals surface area contributed by atoms with E-state index in [9.17, 15) is 27.2 Å². The molecule has 2 amide bonds. The number of amides is 2.